The van der Waals surface area contributed by atoms with Gasteiger partial charge in [0.05, 0.1) is 37.2 Å². The Bertz CT molecular complexity index is 1320. The van der Waals surface area contributed by atoms with Crippen LogP contribution in [0.3, 0.4) is 0 Å². The number of pyridine rings is 1. The normalized spacial score (nSPS) is 18.2. The van der Waals surface area contributed by atoms with Gasteiger partial charge in [-0.3, -0.25) is 34.9 Å². The van der Waals surface area contributed by atoms with E-state index in [2.05, 4.69) is 15.6 Å². The maximum absolute atomic E-state index is 13.2. The van der Waals surface area contributed by atoms with Crippen LogP contribution in [0, 0.1) is 0 Å². The van der Waals surface area contributed by atoms with Crippen molar-refractivity contribution in [3.05, 3.63) is 65.4 Å². The number of rotatable bonds is 8. The highest BCUT2D eigenvalue weighted by Crippen LogP contribution is 2.40. The zero-order valence-corrected chi connectivity index (χ0v) is 19.5. The second kappa shape index (κ2) is 9.44. The van der Waals surface area contributed by atoms with Crippen LogP contribution in [-0.4, -0.2) is 42.6 Å². The van der Waals surface area contributed by atoms with Gasteiger partial charge in [-0.05, 0) is 31.5 Å². The lowest BCUT2D eigenvalue weighted by Gasteiger charge is -2.30. The summed E-state index contributed by atoms with van der Waals surface area (Å²) in [6.07, 6.45) is 2.12. The molecule has 9 heteroatoms. The van der Waals surface area contributed by atoms with Crippen molar-refractivity contribution in [3.63, 3.8) is 0 Å². The molecule has 9 nitrogen and oxygen atoms in total. The molecule has 0 radical (unpaired) electrons. The fourth-order valence-electron chi connectivity index (χ4n) is 4.76. The molecule has 2 unspecified atom stereocenters. The number of nitrogens with zero attached hydrogens (tertiary/aromatic N) is 2. The van der Waals surface area contributed by atoms with Gasteiger partial charge in [0, 0.05) is 35.2 Å². The highest BCUT2D eigenvalue weighted by molar-refractivity contribution is 6.26. The van der Waals surface area contributed by atoms with Crippen molar-refractivity contribution in [3.8, 4) is 5.75 Å². The van der Waals surface area contributed by atoms with Crippen LogP contribution < -0.4 is 20.3 Å². The lowest BCUT2D eigenvalue weighted by atomic mass is 10.0. The van der Waals surface area contributed by atoms with E-state index in [-0.39, 0.29) is 24.3 Å². The number of piperidine rings is 1. The Morgan fingerprint density at radius 3 is 2.80 bits per heavy atom. The molecule has 2 atom stereocenters. The average Bonchev–Trinajstić information content (AvgIpc) is 3.15. The van der Waals surface area contributed by atoms with Gasteiger partial charge in [-0.2, -0.15) is 0 Å². The van der Waals surface area contributed by atoms with Crippen LogP contribution in [0.1, 0.15) is 47.3 Å². The van der Waals surface area contributed by atoms with E-state index in [4.69, 9.17) is 9.47 Å². The van der Waals surface area contributed by atoms with Gasteiger partial charge >= 0.3 is 0 Å². The van der Waals surface area contributed by atoms with Gasteiger partial charge in [0.2, 0.25) is 11.8 Å². The number of carbonyl (C=O) groups excluding carboxylic acids is 3. The summed E-state index contributed by atoms with van der Waals surface area (Å²) in [5, 5.41) is 6.38. The Kier molecular flexibility index (Phi) is 6.19. The number of methoxy groups -OCH3 is 1. The second-order valence-corrected chi connectivity index (χ2v) is 8.63. The summed E-state index contributed by atoms with van der Waals surface area (Å²) in [4.78, 5) is 43.3. The summed E-state index contributed by atoms with van der Waals surface area (Å²) in [5.74, 6) is -0.212. The fraction of sp³-hybridized carbons (Fsp3) is 0.308. The van der Waals surface area contributed by atoms with E-state index >= 15 is 0 Å². The number of aromatic nitrogens is 1. The molecule has 2 aliphatic rings. The minimum Gasteiger partial charge on any atom is -0.496 e. The van der Waals surface area contributed by atoms with Crippen molar-refractivity contribution >= 4 is 34.3 Å². The number of para-hydroxylation sites is 1. The molecule has 180 valence electrons. The summed E-state index contributed by atoms with van der Waals surface area (Å²) < 4.78 is 11.3. The number of imide groups is 1. The molecule has 2 aliphatic heterocycles. The number of benzene rings is 2. The third-order valence-corrected chi connectivity index (χ3v) is 6.54. The molecule has 1 saturated heterocycles. The number of anilines is 1. The Morgan fingerprint density at radius 1 is 1.17 bits per heavy atom. The SMILES string of the molecule is COc1ccccc1C(C)NCOCc1ccc2c3c(ccnc13)N(C1CCC(=O)NC1=O)C2=O. The zero-order valence-electron chi connectivity index (χ0n) is 19.5. The fourth-order valence-corrected chi connectivity index (χ4v) is 4.76. The van der Waals surface area contributed by atoms with Crippen LogP contribution >= 0.6 is 0 Å². The van der Waals surface area contributed by atoms with Crippen molar-refractivity contribution in [1.82, 2.24) is 15.6 Å². The van der Waals surface area contributed by atoms with Crippen LogP contribution in [0.2, 0.25) is 0 Å². The number of ether oxygens (including phenoxy) is 2. The monoisotopic (exact) mass is 474 g/mol. The van der Waals surface area contributed by atoms with Gasteiger partial charge in [-0.15, -0.1) is 0 Å². The summed E-state index contributed by atoms with van der Waals surface area (Å²) in [6, 6.07) is 12.5. The number of carbonyl (C=O) groups is 3. The highest BCUT2D eigenvalue weighted by atomic mass is 16.5. The molecule has 2 N–H and O–H groups in total. The molecule has 0 spiro atoms. The highest BCUT2D eigenvalue weighted by Gasteiger charge is 2.41. The Balaban J connectivity index is 1.32. The summed E-state index contributed by atoms with van der Waals surface area (Å²) >= 11 is 0. The van der Waals surface area contributed by atoms with E-state index in [1.54, 1.807) is 25.4 Å². The molecular formula is C26H26N4O5. The number of amides is 3. The largest absolute Gasteiger partial charge is 0.496 e. The van der Waals surface area contributed by atoms with Crippen molar-refractivity contribution in [2.75, 3.05) is 18.7 Å². The van der Waals surface area contributed by atoms with Crippen molar-refractivity contribution < 1.29 is 23.9 Å². The minimum atomic E-state index is -0.724. The van der Waals surface area contributed by atoms with Gasteiger partial charge < -0.3 is 9.47 Å². The van der Waals surface area contributed by atoms with Gasteiger partial charge in [-0.1, -0.05) is 24.3 Å². The van der Waals surface area contributed by atoms with E-state index in [0.29, 0.717) is 41.9 Å². The molecule has 3 aromatic rings. The van der Waals surface area contributed by atoms with Gasteiger partial charge in [0.1, 0.15) is 11.8 Å². The molecule has 0 bridgehead atoms. The predicted octanol–water partition coefficient (Wildman–Crippen LogP) is 2.83. The average molecular weight is 475 g/mol. The van der Waals surface area contributed by atoms with Crippen LogP contribution in [-0.2, 0) is 20.9 Å². The third-order valence-electron chi connectivity index (χ3n) is 6.54. The maximum atomic E-state index is 13.2. The first kappa shape index (κ1) is 22.9. The van der Waals surface area contributed by atoms with E-state index in [9.17, 15) is 14.4 Å². The van der Waals surface area contributed by atoms with Crippen LogP contribution in [0.15, 0.2) is 48.7 Å². The van der Waals surface area contributed by atoms with Crippen LogP contribution in [0.5, 0.6) is 5.75 Å². The molecule has 3 amide bonds. The third kappa shape index (κ3) is 4.13. The second-order valence-electron chi connectivity index (χ2n) is 8.63. The van der Waals surface area contributed by atoms with Gasteiger partial charge in [0.25, 0.3) is 5.91 Å². The summed E-state index contributed by atoms with van der Waals surface area (Å²) in [6.45, 7) is 2.64. The Labute approximate surface area is 202 Å². The lowest BCUT2D eigenvalue weighted by Crippen LogP contribution is -2.53. The Morgan fingerprint density at radius 2 is 2.00 bits per heavy atom. The van der Waals surface area contributed by atoms with Gasteiger partial charge in [0.15, 0.2) is 0 Å². The number of hydrogen-bond donors (Lipinski definition) is 2. The summed E-state index contributed by atoms with van der Waals surface area (Å²) in [5.41, 5.74) is 3.68. The molecule has 1 fully saturated rings. The van der Waals surface area contributed by atoms with Crippen molar-refractivity contribution in [2.45, 2.75) is 38.5 Å². The Hall–Kier alpha value is -3.82. The molecule has 35 heavy (non-hydrogen) atoms. The van der Waals surface area contributed by atoms with Crippen LogP contribution in [0.4, 0.5) is 5.69 Å². The summed E-state index contributed by atoms with van der Waals surface area (Å²) in [7, 11) is 1.65. The molecule has 0 saturated carbocycles. The molecule has 3 heterocycles. The smallest absolute Gasteiger partial charge is 0.259 e. The van der Waals surface area contributed by atoms with Crippen molar-refractivity contribution in [2.24, 2.45) is 0 Å². The first-order chi connectivity index (χ1) is 17.0. The molecule has 5 rings (SSSR count). The van der Waals surface area contributed by atoms with Crippen molar-refractivity contribution in [1.29, 1.82) is 0 Å². The number of nitrogens with one attached hydrogen (secondary N) is 2. The topological polar surface area (TPSA) is 110 Å². The zero-order chi connectivity index (χ0) is 24.5. The van der Waals surface area contributed by atoms with E-state index < -0.39 is 11.9 Å². The maximum Gasteiger partial charge on any atom is 0.259 e. The number of hydrogen-bond acceptors (Lipinski definition) is 7. The van der Waals surface area contributed by atoms with E-state index in [1.807, 2.05) is 37.3 Å². The first-order valence-electron chi connectivity index (χ1n) is 11.5. The molecule has 1 aromatic heterocycles. The van der Waals surface area contributed by atoms with E-state index in [0.717, 1.165) is 16.9 Å². The molecule has 0 aliphatic carbocycles. The molecular weight excluding hydrogens is 448 g/mol. The minimum absolute atomic E-state index is 0.0248. The quantitative estimate of drug-likeness (QED) is 0.293. The van der Waals surface area contributed by atoms with E-state index in [1.165, 1.54) is 4.90 Å². The predicted molar refractivity (Wildman–Crippen MR) is 129 cm³/mol. The molecule has 2 aromatic carbocycles. The standard InChI is InChI=1S/C26H26N4O5/c1-15(17-5-3-4-6-21(17)34-2)28-14-35-13-16-7-8-18-23-19(11-12-27-24(16)23)30(26(18)33)20-9-10-22(31)29-25(20)32/h3-8,11-12,15,20,28H,9-10,13-14H2,1-2H3,(H,29,31,32). The first-order valence-corrected chi connectivity index (χ1v) is 11.5. The van der Waals surface area contributed by atoms with Crippen LogP contribution in [0.25, 0.3) is 10.9 Å². The lowest BCUT2D eigenvalue weighted by molar-refractivity contribution is -0.134. The van der Waals surface area contributed by atoms with Gasteiger partial charge in [-0.25, -0.2) is 0 Å².